The lowest BCUT2D eigenvalue weighted by molar-refractivity contribution is 0.566. The van der Waals surface area contributed by atoms with Crippen molar-refractivity contribution in [2.75, 3.05) is 0 Å². The zero-order valence-corrected chi connectivity index (χ0v) is 11.9. The van der Waals surface area contributed by atoms with Crippen LogP contribution >= 0.6 is 11.6 Å². The summed E-state index contributed by atoms with van der Waals surface area (Å²) in [6.07, 6.45) is 1.06. The van der Waals surface area contributed by atoms with E-state index >= 15 is 0 Å². The van der Waals surface area contributed by atoms with Crippen LogP contribution in [0, 0.1) is 0 Å². The molecule has 0 aliphatic carbocycles. The fourth-order valence-corrected chi connectivity index (χ4v) is 4.85. The Balaban J connectivity index is 2.79. The molecule has 100 valence electrons. The first-order valence-corrected chi connectivity index (χ1v) is 8.70. The fraction of sp³-hybridized carbons (Fsp3) is 0.400. The number of primary sulfonamides is 1. The molecule has 0 spiro atoms. The Bertz CT molecular complexity index is 710. The molecule has 5 nitrogen and oxygen atoms in total. The number of rotatable bonds is 1. The second-order valence-electron chi connectivity index (χ2n) is 4.33. The quantitative estimate of drug-likeness (QED) is 0.840. The SMILES string of the molecule is CC1CCc2cc(Cl)c(S(N)(=O)=O)cc2S1(=O)=O. The summed E-state index contributed by atoms with van der Waals surface area (Å²) in [5.41, 5.74) is 0.547. The smallest absolute Gasteiger partial charge is 0.225 e. The van der Waals surface area contributed by atoms with Gasteiger partial charge in [0, 0.05) is 0 Å². The highest BCUT2D eigenvalue weighted by Gasteiger charge is 2.32. The van der Waals surface area contributed by atoms with Crippen molar-refractivity contribution in [1.29, 1.82) is 0 Å². The minimum Gasteiger partial charge on any atom is -0.225 e. The Kier molecular flexibility index (Phi) is 3.21. The number of benzene rings is 1. The summed E-state index contributed by atoms with van der Waals surface area (Å²) >= 11 is 5.82. The Labute approximate surface area is 111 Å². The zero-order chi connectivity index (χ0) is 13.7. The Hall–Kier alpha value is -0.630. The largest absolute Gasteiger partial charge is 0.239 e. The van der Waals surface area contributed by atoms with Gasteiger partial charge in [0.2, 0.25) is 10.0 Å². The van der Waals surface area contributed by atoms with Crippen LogP contribution in [-0.4, -0.2) is 22.1 Å². The van der Waals surface area contributed by atoms with E-state index in [9.17, 15) is 16.8 Å². The van der Waals surface area contributed by atoms with Gasteiger partial charge in [-0.1, -0.05) is 11.6 Å². The van der Waals surface area contributed by atoms with Gasteiger partial charge in [-0.05, 0) is 37.5 Å². The lowest BCUT2D eigenvalue weighted by Gasteiger charge is -2.22. The molecule has 1 aromatic rings. The van der Waals surface area contributed by atoms with Crippen LogP contribution in [0.2, 0.25) is 5.02 Å². The van der Waals surface area contributed by atoms with Gasteiger partial charge in [0.15, 0.2) is 9.84 Å². The molecule has 18 heavy (non-hydrogen) atoms. The Morgan fingerprint density at radius 1 is 1.39 bits per heavy atom. The van der Waals surface area contributed by atoms with Crippen LogP contribution in [0.15, 0.2) is 21.9 Å². The highest BCUT2D eigenvalue weighted by Crippen LogP contribution is 2.34. The van der Waals surface area contributed by atoms with Crippen molar-refractivity contribution in [3.8, 4) is 0 Å². The van der Waals surface area contributed by atoms with E-state index in [-0.39, 0.29) is 14.8 Å². The zero-order valence-electron chi connectivity index (χ0n) is 9.55. The number of sulfonamides is 1. The highest BCUT2D eigenvalue weighted by atomic mass is 35.5. The summed E-state index contributed by atoms with van der Waals surface area (Å²) in [7, 11) is -7.53. The van der Waals surface area contributed by atoms with Gasteiger partial charge < -0.3 is 0 Å². The van der Waals surface area contributed by atoms with E-state index < -0.39 is 25.1 Å². The van der Waals surface area contributed by atoms with Crippen LogP contribution in [-0.2, 0) is 26.3 Å². The average Bonchev–Trinajstić information content (AvgIpc) is 2.21. The minimum atomic E-state index is -4.03. The summed E-state index contributed by atoms with van der Waals surface area (Å²) in [4.78, 5) is -0.324. The molecule has 1 aliphatic rings. The van der Waals surface area contributed by atoms with Crippen molar-refractivity contribution in [3.05, 3.63) is 22.7 Å². The number of hydrogen-bond acceptors (Lipinski definition) is 4. The molecule has 0 aromatic heterocycles. The van der Waals surface area contributed by atoms with E-state index in [1.165, 1.54) is 6.07 Å². The highest BCUT2D eigenvalue weighted by molar-refractivity contribution is 7.92. The van der Waals surface area contributed by atoms with Gasteiger partial charge in [0.05, 0.1) is 15.2 Å². The number of aryl methyl sites for hydroxylation is 1. The van der Waals surface area contributed by atoms with Gasteiger partial charge in [-0.3, -0.25) is 0 Å². The monoisotopic (exact) mass is 309 g/mol. The normalized spacial score (nSPS) is 22.5. The number of sulfone groups is 1. The summed E-state index contributed by atoms with van der Waals surface area (Å²) in [5, 5.41) is 4.44. The van der Waals surface area contributed by atoms with Gasteiger partial charge in [-0.25, -0.2) is 22.0 Å². The Morgan fingerprint density at radius 3 is 2.56 bits per heavy atom. The van der Waals surface area contributed by atoms with Crippen molar-refractivity contribution < 1.29 is 16.8 Å². The molecule has 0 fully saturated rings. The van der Waals surface area contributed by atoms with Crippen LogP contribution in [0.1, 0.15) is 18.9 Å². The van der Waals surface area contributed by atoms with Crippen molar-refractivity contribution in [2.24, 2.45) is 5.14 Å². The van der Waals surface area contributed by atoms with E-state index in [2.05, 4.69) is 0 Å². The molecule has 1 aromatic carbocycles. The third-order valence-electron chi connectivity index (χ3n) is 3.08. The van der Waals surface area contributed by atoms with E-state index in [1.807, 2.05) is 0 Å². The topological polar surface area (TPSA) is 94.3 Å². The predicted molar refractivity (Wildman–Crippen MR) is 67.8 cm³/mol. The maximum absolute atomic E-state index is 12.1. The molecule has 1 heterocycles. The average molecular weight is 310 g/mol. The molecule has 1 aliphatic heterocycles. The predicted octanol–water partition coefficient (Wildman–Crippen LogP) is 1.10. The summed E-state index contributed by atoms with van der Waals surface area (Å²) in [6, 6.07) is 2.44. The molecule has 0 radical (unpaired) electrons. The number of halogens is 1. The third-order valence-corrected chi connectivity index (χ3v) is 6.74. The first-order chi connectivity index (χ1) is 8.14. The van der Waals surface area contributed by atoms with E-state index in [0.717, 1.165) is 6.07 Å². The molecule has 0 saturated heterocycles. The van der Waals surface area contributed by atoms with Gasteiger partial charge in [0.1, 0.15) is 4.90 Å². The first kappa shape index (κ1) is 13.8. The van der Waals surface area contributed by atoms with Crippen LogP contribution in [0.4, 0.5) is 0 Å². The second-order valence-corrected chi connectivity index (χ2v) is 8.60. The summed E-state index contributed by atoms with van der Waals surface area (Å²) in [5.74, 6) is 0. The van der Waals surface area contributed by atoms with Gasteiger partial charge in [-0.15, -0.1) is 0 Å². The maximum Gasteiger partial charge on any atom is 0.239 e. The molecule has 2 N–H and O–H groups in total. The molecular weight excluding hydrogens is 298 g/mol. The van der Waals surface area contributed by atoms with Crippen molar-refractivity contribution >= 4 is 31.5 Å². The van der Waals surface area contributed by atoms with Crippen LogP contribution < -0.4 is 5.14 Å². The van der Waals surface area contributed by atoms with Gasteiger partial charge in [0.25, 0.3) is 0 Å². The van der Waals surface area contributed by atoms with E-state index in [0.29, 0.717) is 18.4 Å². The molecule has 1 atom stereocenters. The molecular formula is C10H12ClNO4S2. The third kappa shape index (κ3) is 2.16. The standard InChI is InChI=1S/C10H12ClNO4S2/c1-6-2-3-7-4-8(11)10(18(12,15)16)5-9(7)17(6,13)14/h4-6H,2-3H2,1H3,(H2,12,15,16). The van der Waals surface area contributed by atoms with E-state index in [1.54, 1.807) is 6.92 Å². The number of hydrogen-bond donors (Lipinski definition) is 1. The molecule has 2 rings (SSSR count). The second kappa shape index (κ2) is 4.19. The molecule has 0 amide bonds. The first-order valence-electron chi connectivity index (χ1n) is 5.23. The molecule has 8 heteroatoms. The van der Waals surface area contributed by atoms with Crippen LogP contribution in [0.3, 0.4) is 0 Å². The number of fused-ring (bicyclic) bond motifs is 1. The maximum atomic E-state index is 12.1. The van der Waals surface area contributed by atoms with Crippen molar-refractivity contribution in [3.63, 3.8) is 0 Å². The summed E-state index contributed by atoms with van der Waals surface area (Å²) in [6.45, 7) is 1.60. The lowest BCUT2D eigenvalue weighted by atomic mass is 10.1. The van der Waals surface area contributed by atoms with Crippen LogP contribution in [0.5, 0.6) is 0 Å². The van der Waals surface area contributed by atoms with E-state index in [4.69, 9.17) is 16.7 Å². The molecule has 1 unspecified atom stereocenters. The van der Waals surface area contributed by atoms with Crippen molar-refractivity contribution in [2.45, 2.75) is 34.8 Å². The number of nitrogens with two attached hydrogens (primary N) is 1. The fourth-order valence-electron chi connectivity index (χ4n) is 1.98. The summed E-state index contributed by atoms with van der Waals surface area (Å²) < 4.78 is 46.9. The molecule has 0 saturated carbocycles. The minimum absolute atomic E-state index is 0.0228. The van der Waals surface area contributed by atoms with Gasteiger partial charge in [-0.2, -0.15) is 0 Å². The lowest BCUT2D eigenvalue weighted by Crippen LogP contribution is -2.25. The van der Waals surface area contributed by atoms with Gasteiger partial charge >= 0.3 is 0 Å². The molecule has 0 bridgehead atoms. The Morgan fingerprint density at radius 2 is 2.00 bits per heavy atom. The van der Waals surface area contributed by atoms with Crippen molar-refractivity contribution in [1.82, 2.24) is 0 Å². The van der Waals surface area contributed by atoms with Crippen LogP contribution in [0.25, 0.3) is 0 Å².